The average molecular weight is 426 g/mol. The lowest BCUT2D eigenvalue weighted by molar-refractivity contribution is -0.149. The summed E-state index contributed by atoms with van der Waals surface area (Å²) in [6, 6.07) is 10.9. The third kappa shape index (κ3) is 3.98. The van der Waals surface area contributed by atoms with Gasteiger partial charge in [0.15, 0.2) is 0 Å². The molecule has 1 atom stereocenters. The highest BCUT2D eigenvalue weighted by atomic mass is 35.5. The molecule has 0 saturated carbocycles. The van der Waals surface area contributed by atoms with E-state index in [0.29, 0.717) is 54.0 Å². The number of piperidine rings is 1. The van der Waals surface area contributed by atoms with Gasteiger partial charge >= 0.3 is 5.97 Å². The van der Waals surface area contributed by atoms with Gasteiger partial charge in [-0.25, -0.2) is 0 Å². The molecule has 1 fully saturated rings. The monoisotopic (exact) mass is 425 g/mol. The molecule has 6 nitrogen and oxygen atoms in total. The summed E-state index contributed by atoms with van der Waals surface area (Å²) < 4.78 is 5.19. The van der Waals surface area contributed by atoms with Gasteiger partial charge in [0.2, 0.25) is 0 Å². The fourth-order valence-corrected chi connectivity index (χ4v) is 4.42. The van der Waals surface area contributed by atoms with E-state index in [1.165, 1.54) is 0 Å². The Morgan fingerprint density at radius 2 is 2.00 bits per heavy atom. The quantitative estimate of drug-likeness (QED) is 0.612. The minimum absolute atomic E-state index is 0.0963. The molecule has 30 heavy (non-hydrogen) atoms. The predicted octanol–water partition coefficient (Wildman–Crippen LogP) is 4.35. The van der Waals surface area contributed by atoms with Crippen molar-refractivity contribution in [3.05, 3.63) is 65.1 Å². The summed E-state index contributed by atoms with van der Waals surface area (Å²) in [5.74, 6) is -0.119. The molecule has 2 aromatic heterocycles. The molecular weight excluding hydrogens is 402 g/mol. The van der Waals surface area contributed by atoms with Crippen LogP contribution in [0.5, 0.6) is 5.75 Å². The van der Waals surface area contributed by atoms with Crippen LogP contribution in [0, 0.1) is 5.92 Å². The van der Waals surface area contributed by atoms with Crippen LogP contribution in [0.4, 0.5) is 0 Å². The predicted molar refractivity (Wildman–Crippen MR) is 115 cm³/mol. The number of benzene rings is 1. The third-order valence-corrected chi connectivity index (χ3v) is 5.93. The van der Waals surface area contributed by atoms with E-state index in [1.807, 2.05) is 31.2 Å². The van der Waals surface area contributed by atoms with Gasteiger partial charge in [0.25, 0.3) is 0 Å². The number of ether oxygens (including phenoxy) is 1. The normalized spacial score (nSPS) is 16.5. The van der Waals surface area contributed by atoms with Gasteiger partial charge in [0.1, 0.15) is 11.3 Å². The number of hydrogen-bond donors (Lipinski definition) is 1. The van der Waals surface area contributed by atoms with Gasteiger partial charge in [-0.05, 0) is 63.2 Å². The Kier molecular flexibility index (Phi) is 6.16. The zero-order valence-corrected chi connectivity index (χ0v) is 17.5. The molecule has 1 aliphatic heterocycles. The van der Waals surface area contributed by atoms with Crippen LogP contribution in [-0.2, 0) is 9.53 Å². The zero-order chi connectivity index (χ0) is 21.1. The average Bonchev–Trinajstić information content (AvgIpc) is 2.79. The maximum absolute atomic E-state index is 12.1. The number of aromatic nitrogens is 2. The molecule has 7 heteroatoms. The third-order valence-electron chi connectivity index (χ3n) is 5.62. The number of halogens is 1. The van der Waals surface area contributed by atoms with Gasteiger partial charge in [0.05, 0.1) is 29.3 Å². The minimum Gasteiger partial charge on any atom is -0.505 e. The first-order valence-electron chi connectivity index (χ1n) is 10.2. The number of pyridine rings is 2. The summed E-state index contributed by atoms with van der Waals surface area (Å²) in [4.78, 5) is 23.3. The van der Waals surface area contributed by atoms with Crippen molar-refractivity contribution in [3.63, 3.8) is 0 Å². The fraction of sp³-hybridized carbons (Fsp3) is 0.348. The van der Waals surface area contributed by atoms with Crippen LogP contribution in [-0.4, -0.2) is 45.6 Å². The molecule has 3 heterocycles. The second-order valence-corrected chi connectivity index (χ2v) is 7.82. The molecule has 0 aliphatic carbocycles. The van der Waals surface area contributed by atoms with Crippen LogP contribution in [0.1, 0.15) is 37.1 Å². The number of aromatic hydroxyl groups is 1. The highest BCUT2D eigenvalue weighted by molar-refractivity contribution is 6.35. The number of rotatable bonds is 5. The SMILES string of the molecule is CCOC(=O)C1CCN(C(c2ccccn2)c2cc(Cl)c3cccnc3c2O)CC1. The summed E-state index contributed by atoms with van der Waals surface area (Å²) in [5.41, 5.74) is 1.95. The number of likely N-dealkylation sites (tertiary alicyclic amines) is 1. The molecule has 0 amide bonds. The van der Waals surface area contributed by atoms with Crippen LogP contribution in [0.15, 0.2) is 48.8 Å². The lowest BCUT2D eigenvalue weighted by Crippen LogP contribution is -2.40. The Bertz CT molecular complexity index is 1040. The molecule has 1 N–H and O–H groups in total. The first-order valence-corrected chi connectivity index (χ1v) is 10.6. The first-order chi connectivity index (χ1) is 14.6. The van der Waals surface area contributed by atoms with Crippen molar-refractivity contribution in [2.75, 3.05) is 19.7 Å². The molecule has 1 aliphatic rings. The zero-order valence-electron chi connectivity index (χ0n) is 16.8. The van der Waals surface area contributed by atoms with Gasteiger partial charge in [-0.2, -0.15) is 0 Å². The number of fused-ring (bicyclic) bond motifs is 1. The molecule has 4 rings (SSSR count). The smallest absolute Gasteiger partial charge is 0.309 e. The highest BCUT2D eigenvalue weighted by Crippen LogP contribution is 2.41. The second-order valence-electron chi connectivity index (χ2n) is 7.42. The summed E-state index contributed by atoms with van der Waals surface area (Å²) in [5, 5.41) is 12.3. The summed E-state index contributed by atoms with van der Waals surface area (Å²) >= 11 is 6.55. The highest BCUT2D eigenvalue weighted by Gasteiger charge is 2.33. The molecule has 1 saturated heterocycles. The van der Waals surface area contributed by atoms with E-state index < -0.39 is 0 Å². The summed E-state index contributed by atoms with van der Waals surface area (Å²) in [6.07, 6.45) is 4.78. The lowest BCUT2D eigenvalue weighted by Gasteiger charge is -2.37. The van der Waals surface area contributed by atoms with Crippen LogP contribution >= 0.6 is 11.6 Å². The van der Waals surface area contributed by atoms with Crippen molar-refractivity contribution in [3.8, 4) is 5.75 Å². The van der Waals surface area contributed by atoms with Gasteiger partial charge in [0, 0.05) is 23.3 Å². The van der Waals surface area contributed by atoms with E-state index >= 15 is 0 Å². The molecule has 3 aromatic rings. The van der Waals surface area contributed by atoms with Crippen LogP contribution in [0.2, 0.25) is 5.02 Å². The Morgan fingerprint density at radius 3 is 2.70 bits per heavy atom. The molecule has 0 bridgehead atoms. The topological polar surface area (TPSA) is 75.5 Å². The van der Waals surface area contributed by atoms with Crippen molar-refractivity contribution in [2.24, 2.45) is 5.92 Å². The number of phenolic OH excluding ortho intramolecular Hbond substituents is 1. The number of esters is 1. The van der Waals surface area contributed by atoms with Gasteiger partial charge in [-0.1, -0.05) is 17.7 Å². The van der Waals surface area contributed by atoms with Gasteiger partial charge in [-0.15, -0.1) is 0 Å². The van der Waals surface area contributed by atoms with Crippen molar-refractivity contribution in [1.29, 1.82) is 0 Å². The molecule has 156 valence electrons. The maximum atomic E-state index is 12.1. The molecule has 0 spiro atoms. The number of phenols is 1. The molecular formula is C23H24ClN3O3. The lowest BCUT2D eigenvalue weighted by atomic mass is 9.92. The van der Waals surface area contributed by atoms with Crippen molar-refractivity contribution in [1.82, 2.24) is 14.9 Å². The Hall–Kier alpha value is -2.70. The Balaban J connectivity index is 1.72. The van der Waals surface area contributed by atoms with Gasteiger partial charge in [-0.3, -0.25) is 19.7 Å². The largest absolute Gasteiger partial charge is 0.505 e. The first kappa shape index (κ1) is 20.6. The van der Waals surface area contributed by atoms with E-state index in [9.17, 15) is 9.90 Å². The Labute approximate surface area is 180 Å². The number of nitrogens with zero attached hydrogens (tertiary/aromatic N) is 3. The van der Waals surface area contributed by atoms with Crippen molar-refractivity contribution >= 4 is 28.5 Å². The molecule has 1 unspecified atom stereocenters. The van der Waals surface area contributed by atoms with Crippen molar-refractivity contribution < 1.29 is 14.6 Å². The fourth-order valence-electron chi connectivity index (χ4n) is 4.15. The number of carbonyl (C=O) groups is 1. The minimum atomic E-state index is -0.293. The standard InChI is InChI=1S/C23H24ClN3O3/c1-2-30-23(29)15-8-12-27(13-9-15)21(19-7-3-4-10-25-19)17-14-18(24)16-6-5-11-26-20(16)22(17)28/h3-7,10-11,14-15,21,28H,2,8-9,12-13H2,1H3. The van der Waals surface area contributed by atoms with Crippen LogP contribution < -0.4 is 0 Å². The van der Waals surface area contributed by atoms with E-state index in [0.717, 1.165) is 5.69 Å². The Morgan fingerprint density at radius 1 is 1.23 bits per heavy atom. The van der Waals surface area contributed by atoms with Crippen molar-refractivity contribution in [2.45, 2.75) is 25.8 Å². The van der Waals surface area contributed by atoms with Crippen LogP contribution in [0.3, 0.4) is 0 Å². The number of carbonyl (C=O) groups excluding carboxylic acids is 1. The van der Waals surface area contributed by atoms with Crippen LogP contribution in [0.25, 0.3) is 10.9 Å². The van der Waals surface area contributed by atoms with E-state index in [4.69, 9.17) is 16.3 Å². The summed E-state index contributed by atoms with van der Waals surface area (Å²) in [7, 11) is 0. The number of hydrogen-bond acceptors (Lipinski definition) is 6. The molecule has 1 aromatic carbocycles. The van der Waals surface area contributed by atoms with E-state index in [1.54, 1.807) is 24.5 Å². The maximum Gasteiger partial charge on any atom is 0.309 e. The van der Waals surface area contributed by atoms with Gasteiger partial charge < -0.3 is 9.84 Å². The summed E-state index contributed by atoms with van der Waals surface area (Å²) in [6.45, 7) is 3.58. The molecule has 0 radical (unpaired) electrons. The second kappa shape index (κ2) is 8.98. The van der Waals surface area contributed by atoms with E-state index in [2.05, 4.69) is 14.9 Å². The van der Waals surface area contributed by atoms with E-state index in [-0.39, 0.29) is 23.7 Å².